The molecule has 4 N–H and O–H groups in total. The molecule has 6 aliphatic rings. The second kappa shape index (κ2) is 9.01. The third-order valence-corrected chi connectivity index (χ3v) is 18.8. The SMILES string of the molecule is O.O.[Cl][Ru]1([Cl])[N]2C=CC=c3ccc4c(c32)[N]1C=CC=4.[Cl][Ru]1([Cl])[N]2C=CC=c3ccc4c(c32)[N]1C=CC=4. The fourth-order valence-electron chi connectivity index (χ4n) is 4.61. The Morgan fingerprint density at radius 1 is 0.417 bits per heavy atom. The molecule has 192 valence electrons. The number of rotatable bonds is 0. The van der Waals surface area contributed by atoms with Crippen LogP contribution in [0.15, 0.2) is 73.4 Å². The van der Waals surface area contributed by atoms with Crippen LogP contribution in [0.3, 0.4) is 0 Å². The number of hydrogen-bond donors (Lipinski definition) is 0. The summed E-state index contributed by atoms with van der Waals surface area (Å²) in [7, 11) is 26.5. The van der Waals surface area contributed by atoms with E-state index in [9.17, 15) is 0 Å². The van der Waals surface area contributed by atoms with E-state index in [2.05, 4.69) is 63.1 Å². The average Bonchev–Trinajstić information content (AvgIpc) is 3.24. The molecule has 0 fully saturated rings. The Bertz CT molecular complexity index is 1430. The van der Waals surface area contributed by atoms with Crippen LogP contribution in [0.5, 0.6) is 0 Å². The van der Waals surface area contributed by atoms with Crippen LogP contribution in [-0.2, 0) is 26.5 Å². The molecular formula is C24H20Cl4N4O2Ru2. The Morgan fingerprint density at radius 3 is 0.861 bits per heavy atom. The van der Waals surface area contributed by atoms with Gasteiger partial charge in [0.2, 0.25) is 0 Å². The summed E-state index contributed by atoms with van der Waals surface area (Å²) in [6.45, 7) is 0. The van der Waals surface area contributed by atoms with E-state index >= 15 is 0 Å². The van der Waals surface area contributed by atoms with Gasteiger partial charge in [0, 0.05) is 0 Å². The molecule has 36 heavy (non-hydrogen) atoms. The summed E-state index contributed by atoms with van der Waals surface area (Å²) in [6, 6.07) is 8.47. The van der Waals surface area contributed by atoms with Crippen molar-refractivity contribution in [1.29, 1.82) is 0 Å². The summed E-state index contributed by atoms with van der Waals surface area (Å²) in [5.74, 6) is 0. The molecule has 12 heteroatoms. The molecule has 0 aromatic heterocycles. The summed E-state index contributed by atoms with van der Waals surface area (Å²) in [5.41, 5.74) is 4.62. The van der Waals surface area contributed by atoms with Gasteiger partial charge in [0.1, 0.15) is 0 Å². The number of anilines is 4. The maximum atomic E-state index is 6.63. The molecule has 6 aliphatic heterocycles. The van der Waals surface area contributed by atoms with Crippen LogP contribution < -0.4 is 35.4 Å². The Labute approximate surface area is 230 Å². The first-order valence-corrected chi connectivity index (χ1v) is 22.3. The van der Waals surface area contributed by atoms with Gasteiger partial charge in [0.25, 0.3) is 0 Å². The molecule has 0 unspecified atom stereocenters. The van der Waals surface area contributed by atoms with E-state index in [-0.39, 0.29) is 11.0 Å². The average molecular weight is 740 g/mol. The van der Waals surface area contributed by atoms with Crippen LogP contribution in [0, 0.1) is 0 Å². The van der Waals surface area contributed by atoms with Gasteiger partial charge in [-0.15, -0.1) is 0 Å². The van der Waals surface area contributed by atoms with Gasteiger partial charge >= 0.3 is 221 Å². The zero-order chi connectivity index (χ0) is 23.2. The molecule has 0 saturated heterocycles. The van der Waals surface area contributed by atoms with Crippen LogP contribution in [-0.4, -0.2) is 11.0 Å². The fourth-order valence-corrected chi connectivity index (χ4v) is 15.5. The van der Waals surface area contributed by atoms with E-state index in [1.165, 1.54) is 20.9 Å². The third kappa shape index (κ3) is 3.44. The molecule has 0 bridgehead atoms. The van der Waals surface area contributed by atoms with Gasteiger partial charge in [0.15, 0.2) is 0 Å². The Hall–Kier alpha value is -1.59. The number of nitrogens with zero attached hydrogens (tertiary/aromatic N) is 4. The number of hydrogen-bond acceptors (Lipinski definition) is 4. The second-order valence-corrected chi connectivity index (χ2v) is 25.2. The number of benzene rings is 2. The van der Waals surface area contributed by atoms with Crippen molar-refractivity contribution in [3.05, 3.63) is 94.2 Å². The zero-order valence-corrected chi connectivity index (χ0v) is 24.7. The summed E-state index contributed by atoms with van der Waals surface area (Å²) < 4.78 is 8.27. The van der Waals surface area contributed by atoms with Crippen LogP contribution in [0.25, 0.3) is 24.3 Å². The van der Waals surface area contributed by atoms with Crippen molar-refractivity contribution >= 4 is 85.8 Å². The Morgan fingerprint density at radius 2 is 0.639 bits per heavy atom. The molecule has 0 aliphatic carbocycles. The number of halogens is 4. The van der Waals surface area contributed by atoms with Crippen molar-refractivity contribution in [2.75, 3.05) is 14.6 Å². The number of allylic oxidation sites excluding steroid dienone is 4. The van der Waals surface area contributed by atoms with Crippen LogP contribution in [0.4, 0.5) is 22.7 Å². The van der Waals surface area contributed by atoms with Gasteiger partial charge in [-0.25, -0.2) is 0 Å². The van der Waals surface area contributed by atoms with Gasteiger partial charge in [-0.2, -0.15) is 0 Å². The summed E-state index contributed by atoms with van der Waals surface area (Å²) in [5, 5.41) is 4.74. The molecule has 0 atom stereocenters. The van der Waals surface area contributed by atoms with Crippen molar-refractivity contribution in [1.82, 2.24) is 0 Å². The van der Waals surface area contributed by atoms with Crippen molar-refractivity contribution in [3.8, 4) is 0 Å². The monoisotopic (exact) mass is 740 g/mol. The third-order valence-electron chi connectivity index (χ3n) is 6.04. The molecule has 0 saturated carbocycles. The predicted molar refractivity (Wildman–Crippen MR) is 146 cm³/mol. The predicted octanol–water partition coefficient (Wildman–Crippen LogP) is 2.79. The van der Waals surface area contributed by atoms with Gasteiger partial charge < -0.3 is 11.0 Å². The fraction of sp³-hybridized carbons (Fsp3) is 0. The van der Waals surface area contributed by atoms with E-state index in [1.54, 1.807) is 0 Å². The standard InChI is InChI=1S/2C12H8N2.4ClH.2H2O.2Ru/c2*1-3-9-5-6-10-4-2-8-14-12(10)11(9)13-7-1;;;;;;;;/h2*1-8H;4*1H;2*1H2;;/q2*-2;;;;;;;2*+4/p-4. The van der Waals surface area contributed by atoms with E-state index in [1.807, 2.05) is 49.1 Å². The van der Waals surface area contributed by atoms with Crippen molar-refractivity contribution in [2.24, 2.45) is 0 Å². The second-order valence-electron chi connectivity index (χ2n) is 7.83. The molecule has 2 aromatic rings. The molecule has 6 heterocycles. The van der Waals surface area contributed by atoms with Gasteiger partial charge in [-0.3, -0.25) is 0 Å². The molecule has 8 rings (SSSR count). The minimum absolute atomic E-state index is 0. The topological polar surface area (TPSA) is 76.0 Å². The summed E-state index contributed by atoms with van der Waals surface area (Å²) in [4.78, 5) is 0. The Kier molecular flexibility index (Phi) is 6.51. The first-order valence-electron chi connectivity index (χ1n) is 10.2. The van der Waals surface area contributed by atoms with E-state index in [0.717, 1.165) is 22.7 Å². The molecular weight excluding hydrogens is 720 g/mol. The molecule has 0 radical (unpaired) electrons. The molecule has 2 aromatic carbocycles. The summed E-state index contributed by atoms with van der Waals surface area (Å²) >= 11 is -6.04. The van der Waals surface area contributed by atoms with Crippen molar-refractivity contribution < 1.29 is 37.5 Å². The zero-order valence-electron chi connectivity index (χ0n) is 18.2. The summed E-state index contributed by atoms with van der Waals surface area (Å²) in [6.07, 6.45) is 24.3. The van der Waals surface area contributed by atoms with Crippen molar-refractivity contribution in [3.63, 3.8) is 0 Å². The first kappa shape index (κ1) is 26.0. The van der Waals surface area contributed by atoms with E-state index in [4.69, 9.17) is 38.8 Å². The van der Waals surface area contributed by atoms with Crippen LogP contribution >= 0.6 is 38.8 Å². The van der Waals surface area contributed by atoms with Gasteiger partial charge in [0.05, 0.1) is 0 Å². The minimum atomic E-state index is -3.02. The molecule has 6 nitrogen and oxygen atoms in total. The first-order chi connectivity index (χ1) is 16.4. The molecule has 0 amide bonds. The van der Waals surface area contributed by atoms with E-state index in [0.29, 0.717) is 0 Å². The normalized spacial score (nSPS) is 21.7. The Balaban J connectivity index is 0.000000140. The van der Waals surface area contributed by atoms with Gasteiger partial charge in [-0.05, 0) is 0 Å². The van der Waals surface area contributed by atoms with Crippen molar-refractivity contribution in [2.45, 2.75) is 0 Å². The van der Waals surface area contributed by atoms with E-state index < -0.39 is 26.5 Å². The quantitative estimate of drug-likeness (QED) is 0.390. The molecule has 0 spiro atoms. The van der Waals surface area contributed by atoms with Crippen LogP contribution in [0.2, 0.25) is 0 Å². The van der Waals surface area contributed by atoms with Gasteiger partial charge in [-0.1, -0.05) is 0 Å². The maximum absolute atomic E-state index is 6.63. The van der Waals surface area contributed by atoms with Crippen LogP contribution in [0.1, 0.15) is 0 Å².